The van der Waals surface area contributed by atoms with Gasteiger partial charge in [0.15, 0.2) is 0 Å². The maximum atomic E-state index is 2.81. The van der Waals surface area contributed by atoms with Gasteiger partial charge in [-0.2, -0.15) is 0 Å². The molecule has 0 saturated heterocycles. The topological polar surface area (TPSA) is 0 Å². The van der Waals surface area contributed by atoms with Crippen LogP contribution in [0.1, 0.15) is 161 Å². The van der Waals surface area contributed by atoms with E-state index in [4.69, 9.17) is 0 Å². The molecule has 0 radical (unpaired) electrons. The van der Waals surface area contributed by atoms with Crippen LogP contribution in [0.5, 0.6) is 0 Å². The van der Waals surface area contributed by atoms with Crippen LogP contribution in [0.15, 0.2) is 24.3 Å². The second-order valence-electron chi connectivity index (χ2n) is 16.9. The lowest BCUT2D eigenvalue weighted by atomic mass is 9.66. The summed E-state index contributed by atoms with van der Waals surface area (Å²) in [6, 6.07) is 0. The maximum absolute atomic E-state index is 2.81. The van der Waals surface area contributed by atoms with E-state index < -0.39 is 0 Å². The van der Waals surface area contributed by atoms with E-state index in [0.29, 0.717) is 0 Å². The van der Waals surface area contributed by atoms with Crippen molar-refractivity contribution in [3.05, 3.63) is 24.3 Å². The predicted octanol–water partition coefficient (Wildman–Crippen LogP) is 12.3. The molecule has 0 amide bonds. The summed E-state index contributed by atoms with van der Waals surface area (Å²) >= 11 is 0. The Bertz CT molecular complexity index is 899. The van der Waals surface area contributed by atoms with Crippen LogP contribution < -0.4 is 0 Å². The summed E-state index contributed by atoms with van der Waals surface area (Å²) < 4.78 is 0. The fourth-order valence-electron chi connectivity index (χ4n) is 13.2. The normalized spacial score (nSPS) is 42.4. The first kappa shape index (κ1) is 28.8. The van der Waals surface area contributed by atoms with Crippen molar-refractivity contribution in [2.24, 2.45) is 22.7 Å². The van der Waals surface area contributed by atoms with Crippen molar-refractivity contribution in [3.8, 4) is 0 Å². The SMILES string of the molecule is C1=CC(C[C@H]2CC34CC(P(C5CCCCC5)C5CCCCC5)C2(C3)C4)C(P(C2CCCCC2)C2CCCCC2)C=C1. The summed E-state index contributed by atoms with van der Waals surface area (Å²) in [7, 11) is 0.388. The molecule has 41 heavy (non-hydrogen) atoms. The Morgan fingerprint density at radius 3 is 1.46 bits per heavy atom. The van der Waals surface area contributed by atoms with Crippen LogP contribution in [-0.4, -0.2) is 34.0 Å². The molecule has 2 bridgehead atoms. The van der Waals surface area contributed by atoms with Gasteiger partial charge >= 0.3 is 0 Å². The van der Waals surface area contributed by atoms with Gasteiger partial charge in [0.25, 0.3) is 0 Å². The van der Waals surface area contributed by atoms with Gasteiger partial charge in [0, 0.05) is 5.66 Å². The van der Waals surface area contributed by atoms with E-state index in [1.54, 1.807) is 122 Å². The van der Waals surface area contributed by atoms with E-state index in [-0.39, 0.29) is 15.8 Å². The van der Waals surface area contributed by atoms with Crippen molar-refractivity contribution < 1.29 is 0 Å². The van der Waals surface area contributed by atoms with Crippen LogP contribution in [0.4, 0.5) is 0 Å². The average Bonchev–Trinajstić information content (AvgIpc) is 3.71. The minimum atomic E-state index is 0.135. The molecule has 9 fully saturated rings. The molecule has 0 aromatic heterocycles. The zero-order valence-corrected chi connectivity index (χ0v) is 28.3. The Labute approximate surface area is 256 Å². The third kappa shape index (κ3) is 5.34. The molecule has 9 saturated carbocycles. The lowest BCUT2D eigenvalue weighted by Crippen LogP contribution is -2.40. The summed E-state index contributed by atoms with van der Waals surface area (Å²) in [6.07, 6.45) is 50.2. The van der Waals surface area contributed by atoms with Crippen LogP contribution in [0, 0.1) is 22.7 Å². The minimum absolute atomic E-state index is 0.135. The second-order valence-corrected chi connectivity index (χ2v) is 22.9. The van der Waals surface area contributed by atoms with E-state index in [1.807, 2.05) is 0 Å². The summed E-state index contributed by atoms with van der Waals surface area (Å²) in [5, 5.41) is 0. The Morgan fingerprint density at radius 1 is 0.512 bits per heavy atom. The van der Waals surface area contributed by atoms with E-state index in [2.05, 4.69) is 24.3 Å². The Hall–Kier alpha value is 0.340. The molecule has 0 aromatic carbocycles. The van der Waals surface area contributed by atoms with Gasteiger partial charge in [-0.3, -0.25) is 0 Å². The van der Waals surface area contributed by atoms with E-state index >= 15 is 0 Å². The number of rotatable bonds is 8. The van der Waals surface area contributed by atoms with Gasteiger partial charge in [0.2, 0.25) is 0 Å². The molecule has 0 aromatic rings. The lowest BCUT2D eigenvalue weighted by molar-refractivity contribution is 0.115. The first-order valence-corrected chi connectivity index (χ1v) is 22.2. The molecule has 0 nitrogen and oxygen atoms in total. The summed E-state index contributed by atoms with van der Waals surface area (Å²) in [5.74, 6) is 1.96. The van der Waals surface area contributed by atoms with Crippen molar-refractivity contribution in [1.82, 2.24) is 0 Å². The van der Waals surface area contributed by atoms with Gasteiger partial charge in [-0.05, 0) is 134 Å². The molecule has 3 unspecified atom stereocenters. The minimum Gasteiger partial charge on any atom is -0.0966 e. The molecule has 0 spiro atoms. The van der Waals surface area contributed by atoms with Crippen molar-refractivity contribution in [2.45, 2.75) is 194 Å². The van der Waals surface area contributed by atoms with Crippen molar-refractivity contribution in [3.63, 3.8) is 0 Å². The highest BCUT2D eigenvalue weighted by atomic mass is 31.1. The lowest BCUT2D eigenvalue weighted by Gasteiger charge is -2.51. The Balaban J connectivity index is 1.04. The highest BCUT2D eigenvalue weighted by Gasteiger charge is 2.76. The van der Waals surface area contributed by atoms with Crippen molar-refractivity contribution in [1.29, 1.82) is 0 Å². The highest BCUT2D eigenvalue weighted by molar-refractivity contribution is 7.60. The van der Waals surface area contributed by atoms with Crippen LogP contribution >= 0.6 is 15.8 Å². The quantitative estimate of drug-likeness (QED) is 0.246. The van der Waals surface area contributed by atoms with Crippen LogP contribution in [0.2, 0.25) is 0 Å². The second kappa shape index (κ2) is 12.3. The van der Waals surface area contributed by atoms with Gasteiger partial charge in [-0.1, -0.05) is 117 Å². The molecule has 10 aliphatic rings. The first-order valence-electron chi connectivity index (χ1n) is 19.1. The van der Waals surface area contributed by atoms with E-state index in [0.717, 1.165) is 51.0 Å². The number of fused-ring (bicyclic) bond motifs is 2. The summed E-state index contributed by atoms with van der Waals surface area (Å²) in [6.45, 7) is 0. The zero-order chi connectivity index (χ0) is 27.3. The fourth-order valence-corrected chi connectivity index (χ4v) is 22.8. The van der Waals surface area contributed by atoms with Gasteiger partial charge in [-0.25, -0.2) is 0 Å². The maximum Gasteiger partial charge on any atom is 0.00415 e. The van der Waals surface area contributed by atoms with Gasteiger partial charge in [-0.15, -0.1) is 0 Å². The monoisotopic (exact) mass is 592 g/mol. The molecule has 0 aliphatic heterocycles. The first-order chi connectivity index (χ1) is 20.2. The smallest absolute Gasteiger partial charge is 0.00415 e. The molecule has 2 heteroatoms. The van der Waals surface area contributed by atoms with Crippen molar-refractivity contribution in [2.75, 3.05) is 0 Å². The molecule has 0 heterocycles. The molecule has 10 rings (SSSR count). The zero-order valence-electron chi connectivity index (χ0n) is 26.5. The predicted molar refractivity (Wildman–Crippen MR) is 182 cm³/mol. The number of hydrogen-bond acceptors (Lipinski definition) is 0. The summed E-state index contributed by atoms with van der Waals surface area (Å²) in [4.78, 5) is 0. The van der Waals surface area contributed by atoms with Gasteiger partial charge in [0.05, 0.1) is 0 Å². The average molecular weight is 593 g/mol. The number of allylic oxidation sites excluding steroid dienone is 4. The Morgan fingerprint density at radius 2 is 0.976 bits per heavy atom. The standard InChI is InChI=1S/C39H62P2/c1-5-16-32(17-6-1)40(33-18-7-2-8-19-33)36-24-14-13-15-30(36)25-31-26-38-27-37(39(31,28-38)29-38)41(34-20-9-3-10-21-34)35-22-11-4-12-23-35/h13-15,24,30-37H,1-12,16-23,25-29H2/t30?,31-,36?,37?,38?,39?/m0/s1. The molecular formula is C39H62P2. The van der Waals surface area contributed by atoms with E-state index in [9.17, 15) is 0 Å². The van der Waals surface area contributed by atoms with Crippen LogP contribution in [0.3, 0.4) is 0 Å². The van der Waals surface area contributed by atoms with E-state index in [1.165, 1.54) is 44.2 Å². The number of hydrogen-bond donors (Lipinski definition) is 0. The third-order valence-electron chi connectivity index (χ3n) is 14.7. The molecule has 10 aliphatic carbocycles. The summed E-state index contributed by atoms with van der Waals surface area (Å²) in [5.41, 5.74) is 8.23. The molecule has 4 atom stereocenters. The van der Waals surface area contributed by atoms with Gasteiger partial charge in [0.1, 0.15) is 0 Å². The fraction of sp³-hybridized carbons (Fsp3) is 0.897. The third-order valence-corrected chi connectivity index (χ3v) is 22.8. The highest BCUT2D eigenvalue weighted by Crippen LogP contribution is 2.86. The Kier molecular flexibility index (Phi) is 8.61. The molecule has 228 valence electrons. The van der Waals surface area contributed by atoms with Crippen LogP contribution in [0.25, 0.3) is 0 Å². The largest absolute Gasteiger partial charge is 0.0966 e. The van der Waals surface area contributed by atoms with Gasteiger partial charge < -0.3 is 0 Å². The van der Waals surface area contributed by atoms with Crippen LogP contribution in [-0.2, 0) is 0 Å². The molecular weight excluding hydrogens is 530 g/mol. The molecule has 0 N–H and O–H groups in total. The van der Waals surface area contributed by atoms with Crippen molar-refractivity contribution >= 4 is 15.8 Å².